The number of carbonyl (C=O) groups is 3. The molecule has 1 aromatic heterocycles. The number of cyclic esters (lactones) is 1. The minimum Gasteiger partial charge on any atom is -0.458 e. The van der Waals surface area contributed by atoms with Gasteiger partial charge in [-0.2, -0.15) is 0 Å². The zero-order chi connectivity index (χ0) is 42.5. The van der Waals surface area contributed by atoms with Gasteiger partial charge in [0.1, 0.15) is 23.8 Å². The van der Waals surface area contributed by atoms with Gasteiger partial charge >= 0.3 is 12.1 Å². The number of aliphatic hydroxyl groups is 2. The Morgan fingerprint density at radius 1 is 1.10 bits per heavy atom. The number of unbranched alkanes of at least 4 members (excludes halogenated alkanes) is 1. The van der Waals surface area contributed by atoms with Gasteiger partial charge in [0, 0.05) is 49.5 Å². The van der Waals surface area contributed by atoms with E-state index in [4.69, 9.17) is 35.2 Å². The number of methoxy groups -OCH3 is 1. The molecule has 17 heteroatoms. The highest BCUT2D eigenvalue weighted by atomic mass is 16.7. The molecule has 3 saturated heterocycles. The Balaban J connectivity index is 1.37. The maximum atomic E-state index is 14.3. The van der Waals surface area contributed by atoms with Crippen molar-refractivity contribution in [3.05, 3.63) is 30.5 Å². The summed E-state index contributed by atoms with van der Waals surface area (Å²) in [4.78, 5) is 43.7. The largest absolute Gasteiger partial charge is 0.458 e. The number of aliphatic hydroxyl groups excluding tert-OH is 2. The van der Waals surface area contributed by atoms with E-state index in [2.05, 4.69) is 15.6 Å². The average molecular weight is 816 g/mol. The molecule has 1 amide bonds. The van der Waals surface area contributed by atoms with Crippen LogP contribution in [0.2, 0.25) is 0 Å². The van der Waals surface area contributed by atoms with Gasteiger partial charge in [-0.3, -0.25) is 19.2 Å². The number of hydrogen-bond acceptors (Lipinski definition) is 15. The number of aryl methyl sites for hydroxylation is 1. The number of amides is 1. The molecule has 0 radical (unpaired) electrons. The third-order valence-electron chi connectivity index (χ3n) is 12.3. The molecule has 4 heterocycles. The number of hydrogen-bond donors (Lipinski definition) is 5. The third-order valence-corrected chi connectivity index (χ3v) is 12.3. The van der Waals surface area contributed by atoms with Crippen LogP contribution in [-0.2, 0) is 39.8 Å². The molecule has 324 valence electrons. The summed E-state index contributed by atoms with van der Waals surface area (Å²) >= 11 is 0. The predicted molar refractivity (Wildman–Crippen MR) is 214 cm³/mol. The fourth-order valence-corrected chi connectivity index (χ4v) is 9.00. The lowest BCUT2D eigenvalue weighted by molar-refractivity contribution is -0.293. The van der Waals surface area contributed by atoms with Crippen LogP contribution in [0.5, 0.6) is 0 Å². The Hall–Kier alpha value is -3.71. The highest BCUT2D eigenvalue weighted by Gasteiger charge is 2.58. The first kappa shape index (κ1) is 45.4. The van der Waals surface area contributed by atoms with Crippen LogP contribution in [0.25, 0.3) is 11.3 Å². The number of nitrogens with zero attached hydrogens (tertiary/aromatic N) is 4. The van der Waals surface area contributed by atoms with E-state index in [1.807, 2.05) is 58.2 Å². The molecule has 3 aliphatic rings. The van der Waals surface area contributed by atoms with Crippen molar-refractivity contribution in [2.24, 2.45) is 23.5 Å². The van der Waals surface area contributed by atoms with Gasteiger partial charge in [-0.1, -0.05) is 38.1 Å². The summed E-state index contributed by atoms with van der Waals surface area (Å²) in [5, 5.41) is 33.1. The number of fused-ring (bicyclic) bond motifs is 1. The topological polar surface area (TPSA) is 236 Å². The monoisotopic (exact) mass is 815 g/mol. The molecule has 7 N–H and O–H groups in total. The molecule has 3 fully saturated rings. The summed E-state index contributed by atoms with van der Waals surface area (Å²) in [6.07, 6.45) is -1.43. The molecule has 0 bridgehead atoms. The second-order valence-corrected chi connectivity index (χ2v) is 16.9. The number of nitrogens with two attached hydrogens (primary N) is 2. The number of nitrogens with one attached hydrogen (secondary N) is 1. The molecule has 58 heavy (non-hydrogen) atoms. The van der Waals surface area contributed by atoms with Crippen LogP contribution in [0, 0.1) is 17.8 Å². The quantitative estimate of drug-likeness (QED) is 0.0949. The molecule has 0 saturated carbocycles. The van der Waals surface area contributed by atoms with Gasteiger partial charge in [-0.05, 0) is 84.4 Å². The normalized spacial score (nSPS) is 36.8. The van der Waals surface area contributed by atoms with Crippen molar-refractivity contribution in [2.75, 3.05) is 32.5 Å². The SMILES string of the molecule is CC[C@H]1OC(=O)[C@H](C)C(=O)[C@H](C)[C@@H](O[C@@H]2O[C@H](CO)CC(N)C2O)[C@](C)(OC)C[C@@H](C)CN[C@H](C)[C@H]2N(CCCCn3cc(-c4cccc(N)c4)nn3)C(=O)O[C@]12C. The molecule has 13 atom stereocenters. The van der Waals surface area contributed by atoms with Crippen LogP contribution in [0.15, 0.2) is 30.5 Å². The first-order valence-electron chi connectivity index (χ1n) is 20.6. The number of anilines is 1. The molecule has 17 nitrogen and oxygen atoms in total. The molecule has 5 rings (SSSR count). The number of ether oxygens (including phenoxy) is 5. The number of benzene rings is 1. The molecule has 0 aliphatic carbocycles. The minimum absolute atomic E-state index is 0.0644. The Kier molecular flexibility index (Phi) is 15.0. The predicted octanol–water partition coefficient (Wildman–Crippen LogP) is 2.65. The van der Waals surface area contributed by atoms with Crippen molar-refractivity contribution in [1.29, 1.82) is 0 Å². The van der Waals surface area contributed by atoms with Gasteiger partial charge in [-0.25, -0.2) is 4.79 Å². The number of Topliss-reactive ketones (excluding diaryl/α,β-unsaturated/α-hetero) is 1. The van der Waals surface area contributed by atoms with Crippen molar-refractivity contribution in [3.8, 4) is 11.3 Å². The third kappa shape index (κ3) is 9.83. The zero-order valence-corrected chi connectivity index (χ0v) is 35.2. The number of esters is 1. The summed E-state index contributed by atoms with van der Waals surface area (Å²) < 4.78 is 32.6. The summed E-state index contributed by atoms with van der Waals surface area (Å²) in [6.45, 7) is 13.8. The van der Waals surface area contributed by atoms with Gasteiger partial charge in [-0.15, -0.1) is 5.10 Å². The highest BCUT2D eigenvalue weighted by Crippen LogP contribution is 2.40. The number of aromatic nitrogens is 3. The van der Waals surface area contributed by atoms with E-state index in [1.54, 1.807) is 23.4 Å². The Bertz CT molecular complexity index is 1710. The molecular weight excluding hydrogens is 750 g/mol. The first-order chi connectivity index (χ1) is 27.5. The molecule has 1 aromatic carbocycles. The average Bonchev–Trinajstić information content (AvgIpc) is 3.78. The van der Waals surface area contributed by atoms with Gasteiger partial charge in [0.15, 0.2) is 17.7 Å². The minimum atomic E-state index is -1.26. The lowest BCUT2D eigenvalue weighted by Gasteiger charge is -2.45. The molecule has 2 unspecified atom stereocenters. The van der Waals surface area contributed by atoms with E-state index >= 15 is 0 Å². The standard InChI is InChI=1S/C41H65N7O10/c1-9-32-41(7)35(48(39(53)58-41)16-11-10-15-47-21-31(45-46-47)27-13-12-14-28(42)17-27)26(5)44-20-23(2)19-40(6,54-8)36(24(3)33(50)25(4)37(52)56-32)57-38-34(51)30(43)18-29(22-49)55-38/h12-14,17,21,23-26,29-30,32,34-36,38,44,49,51H,9-11,15-16,18-20,22,42-43H2,1-8H3/t23-,24+,25-,26-,29+,30?,32-,34?,35-,36-,38+,40-,41-/m1/s1. The van der Waals surface area contributed by atoms with Crippen molar-refractivity contribution in [1.82, 2.24) is 25.2 Å². The van der Waals surface area contributed by atoms with Gasteiger partial charge in [0.25, 0.3) is 0 Å². The maximum Gasteiger partial charge on any atom is 0.410 e. The van der Waals surface area contributed by atoms with Crippen LogP contribution in [0.3, 0.4) is 0 Å². The van der Waals surface area contributed by atoms with Crippen molar-refractivity contribution >= 4 is 23.5 Å². The molecular formula is C41H65N7O10. The van der Waals surface area contributed by atoms with Crippen molar-refractivity contribution in [2.45, 2.75) is 147 Å². The zero-order valence-electron chi connectivity index (χ0n) is 35.2. The van der Waals surface area contributed by atoms with Crippen LogP contribution in [-0.4, -0.2) is 135 Å². The molecule has 2 aromatic rings. The van der Waals surface area contributed by atoms with E-state index < -0.39 is 83.7 Å². The molecule has 3 aliphatic heterocycles. The Morgan fingerprint density at radius 2 is 1.83 bits per heavy atom. The van der Waals surface area contributed by atoms with E-state index in [1.165, 1.54) is 14.0 Å². The van der Waals surface area contributed by atoms with E-state index in [-0.39, 0.29) is 25.0 Å². The van der Waals surface area contributed by atoms with Crippen LogP contribution in [0.1, 0.15) is 80.6 Å². The van der Waals surface area contributed by atoms with Gasteiger partial charge in [0.05, 0.1) is 36.7 Å². The lowest BCUT2D eigenvalue weighted by atomic mass is 9.78. The fourth-order valence-electron chi connectivity index (χ4n) is 9.00. The number of ketones is 1. The summed E-state index contributed by atoms with van der Waals surface area (Å²) in [5.41, 5.74) is 12.0. The van der Waals surface area contributed by atoms with E-state index in [9.17, 15) is 24.6 Å². The van der Waals surface area contributed by atoms with Gasteiger partial charge in [0.2, 0.25) is 0 Å². The van der Waals surface area contributed by atoms with E-state index in [0.717, 1.165) is 5.56 Å². The summed E-state index contributed by atoms with van der Waals surface area (Å²) in [7, 11) is 1.53. The number of nitrogen functional groups attached to an aromatic ring is 1. The number of carbonyl (C=O) groups excluding carboxylic acids is 3. The summed E-state index contributed by atoms with van der Waals surface area (Å²) in [5.74, 6) is -3.46. The second-order valence-electron chi connectivity index (χ2n) is 16.9. The Labute approximate surface area is 341 Å². The Morgan fingerprint density at radius 3 is 2.50 bits per heavy atom. The van der Waals surface area contributed by atoms with Crippen LogP contribution >= 0.6 is 0 Å². The van der Waals surface area contributed by atoms with Crippen molar-refractivity contribution in [3.63, 3.8) is 0 Å². The van der Waals surface area contributed by atoms with Crippen LogP contribution in [0.4, 0.5) is 10.5 Å². The van der Waals surface area contributed by atoms with Gasteiger partial charge < -0.3 is 50.7 Å². The highest BCUT2D eigenvalue weighted by molar-refractivity contribution is 6.00. The second kappa shape index (κ2) is 19.1. The molecule has 0 spiro atoms. The van der Waals surface area contributed by atoms with E-state index in [0.29, 0.717) is 56.7 Å². The lowest BCUT2D eigenvalue weighted by Crippen LogP contribution is -2.61. The first-order valence-corrected chi connectivity index (χ1v) is 20.6. The summed E-state index contributed by atoms with van der Waals surface area (Å²) in [6, 6.07) is 5.86. The maximum absolute atomic E-state index is 14.3. The van der Waals surface area contributed by atoms with Crippen LogP contribution < -0.4 is 16.8 Å². The fraction of sp³-hybridized carbons (Fsp3) is 0.732. The smallest absolute Gasteiger partial charge is 0.410 e. The van der Waals surface area contributed by atoms with Crippen molar-refractivity contribution < 1.29 is 48.3 Å². The number of rotatable bonds is 11.